The molecule has 0 aliphatic rings. The number of amides is 2. The quantitative estimate of drug-likeness (QED) is 0.766. The van der Waals surface area contributed by atoms with Crippen molar-refractivity contribution in [1.29, 1.82) is 0 Å². The molecule has 2 aromatic rings. The van der Waals surface area contributed by atoms with Crippen molar-refractivity contribution < 1.29 is 22.8 Å². The van der Waals surface area contributed by atoms with Gasteiger partial charge in [0.05, 0.1) is 11.1 Å². The molecule has 0 saturated carbocycles. The average molecular weight is 377 g/mol. The van der Waals surface area contributed by atoms with Crippen LogP contribution < -0.4 is 11.1 Å². The molecule has 6 nitrogen and oxygen atoms in total. The molecule has 0 aliphatic carbocycles. The highest BCUT2D eigenvalue weighted by Gasteiger charge is 2.35. The molecule has 116 valence electrons. The number of nitrogens with zero attached hydrogens (tertiary/aromatic N) is 1. The van der Waals surface area contributed by atoms with Gasteiger partial charge in [0.2, 0.25) is 0 Å². The lowest BCUT2D eigenvalue weighted by Gasteiger charge is -2.12. The molecule has 0 unspecified atom stereocenters. The molecule has 1 aromatic carbocycles. The molecule has 10 heteroatoms. The number of aromatic amines is 1. The molecule has 0 radical (unpaired) electrons. The van der Waals surface area contributed by atoms with E-state index in [1.54, 1.807) is 0 Å². The second-order valence-electron chi connectivity index (χ2n) is 4.11. The average Bonchev–Trinajstić information content (AvgIpc) is 2.79. The lowest BCUT2D eigenvalue weighted by molar-refractivity contribution is -0.137. The fourth-order valence-corrected chi connectivity index (χ4v) is 2.10. The maximum Gasteiger partial charge on any atom is 0.417 e. The van der Waals surface area contributed by atoms with Crippen molar-refractivity contribution in [3.05, 3.63) is 45.8 Å². The Labute approximate surface area is 130 Å². The highest BCUT2D eigenvalue weighted by molar-refractivity contribution is 9.10. The maximum atomic E-state index is 12.9. The molecule has 4 N–H and O–H groups in total. The molecule has 0 fully saturated rings. The Hall–Kier alpha value is -2.36. The summed E-state index contributed by atoms with van der Waals surface area (Å²) in [7, 11) is 0. The highest BCUT2D eigenvalue weighted by atomic mass is 79.9. The number of primary amides is 1. The second kappa shape index (κ2) is 5.79. The van der Waals surface area contributed by atoms with Crippen LogP contribution in [0, 0.1) is 0 Å². The Balaban J connectivity index is 2.37. The van der Waals surface area contributed by atoms with Crippen LogP contribution in [0.2, 0.25) is 0 Å². The van der Waals surface area contributed by atoms with E-state index in [1.165, 1.54) is 12.1 Å². The van der Waals surface area contributed by atoms with Gasteiger partial charge >= 0.3 is 6.18 Å². The molecule has 0 atom stereocenters. The van der Waals surface area contributed by atoms with Crippen LogP contribution in [0.25, 0.3) is 0 Å². The number of nitrogens with two attached hydrogens (primary N) is 1. The third-order valence-corrected chi connectivity index (χ3v) is 3.00. The van der Waals surface area contributed by atoms with Crippen LogP contribution in [0.3, 0.4) is 0 Å². The Morgan fingerprint density at radius 2 is 1.91 bits per heavy atom. The molecule has 1 aromatic heterocycles. The molecule has 2 rings (SSSR count). The number of hydrogen-bond acceptors (Lipinski definition) is 3. The standard InChI is InChI=1S/C12H8BrF3N4O2/c13-11-18-7(8(17)21)9(20-11)19-10(22)5-3-1-2-4-6(5)12(14,15)16/h1-4H,(H2,17,21)(H,18,20)(H,19,22). The van der Waals surface area contributed by atoms with Crippen LogP contribution in [0.1, 0.15) is 26.4 Å². The van der Waals surface area contributed by atoms with E-state index >= 15 is 0 Å². The van der Waals surface area contributed by atoms with Gasteiger partial charge in [0.25, 0.3) is 11.8 Å². The third-order valence-electron chi connectivity index (χ3n) is 2.62. The van der Waals surface area contributed by atoms with Crippen molar-refractivity contribution in [1.82, 2.24) is 9.97 Å². The third kappa shape index (κ3) is 3.27. The summed E-state index contributed by atoms with van der Waals surface area (Å²) in [5.74, 6) is -2.19. The zero-order valence-corrected chi connectivity index (χ0v) is 12.2. The summed E-state index contributed by atoms with van der Waals surface area (Å²) in [4.78, 5) is 29.4. The van der Waals surface area contributed by atoms with Crippen LogP contribution in [0.5, 0.6) is 0 Å². The van der Waals surface area contributed by atoms with Crippen LogP contribution >= 0.6 is 15.9 Å². The van der Waals surface area contributed by atoms with Gasteiger partial charge in [-0.25, -0.2) is 4.98 Å². The number of rotatable bonds is 3. The first-order valence-electron chi connectivity index (χ1n) is 5.73. The largest absolute Gasteiger partial charge is 0.417 e. The number of carbonyl (C=O) groups excluding carboxylic acids is 2. The van der Waals surface area contributed by atoms with E-state index in [9.17, 15) is 22.8 Å². The van der Waals surface area contributed by atoms with E-state index in [0.29, 0.717) is 0 Å². The van der Waals surface area contributed by atoms with Gasteiger partial charge in [-0.2, -0.15) is 13.2 Å². The SMILES string of the molecule is NC(=O)c1nc(Br)[nH]c1NC(=O)c1ccccc1C(F)(F)F. The number of nitrogens with one attached hydrogen (secondary N) is 2. The summed E-state index contributed by atoms with van der Waals surface area (Å²) >= 11 is 2.94. The summed E-state index contributed by atoms with van der Waals surface area (Å²) in [5, 5.41) is 2.15. The Morgan fingerprint density at radius 3 is 2.50 bits per heavy atom. The van der Waals surface area contributed by atoms with Crippen LogP contribution in [0.15, 0.2) is 29.0 Å². The summed E-state index contributed by atoms with van der Waals surface area (Å²) in [6, 6.07) is 4.27. The van der Waals surface area contributed by atoms with Gasteiger partial charge in [-0.05, 0) is 28.1 Å². The number of halogens is 4. The van der Waals surface area contributed by atoms with Crippen molar-refractivity contribution >= 4 is 33.6 Å². The Morgan fingerprint density at radius 1 is 1.27 bits per heavy atom. The molecular formula is C12H8BrF3N4O2. The number of H-pyrrole nitrogens is 1. The number of carbonyl (C=O) groups is 2. The Kier molecular flexibility index (Phi) is 4.22. The van der Waals surface area contributed by atoms with E-state index in [-0.39, 0.29) is 16.2 Å². The number of benzene rings is 1. The van der Waals surface area contributed by atoms with Crippen molar-refractivity contribution in [3.8, 4) is 0 Å². The summed E-state index contributed by atoms with van der Waals surface area (Å²) in [6.45, 7) is 0. The first-order valence-corrected chi connectivity index (χ1v) is 6.52. The van der Waals surface area contributed by atoms with Crippen molar-refractivity contribution in [2.75, 3.05) is 5.32 Å². The van der Waals surface area contributed by atoms with Gasteiger partial charge in [0.15, 0.2) is 10.4 Å². The predicted octanol–water partition coefficient (Wildman–Crippen LogP) is 2.54. The van der Waals surface area contributed by atoms with Crippen molar-refractivity contribution in [3.63, 3.8) is 0 Å². The van der Waals surface area contributed by atoms with Crippen LogP contribution in [0.4, 0.5) is 19.0 Å². The van der Waals surface area contributed by atoms with E-state index < -0.39 is 29.1 Å². The van der Waals surface area contributed by atoms with Gasteiger partial charge in [0, 0.05) is 0 Å². The minimum absolute atomic E-state index is 0.0979. The highest BCUT2D eigenvalue weighted by Crippen LogP contribution is 2.32. The molecule has 0 aliphatic heterocycles. The van der Waals surface area contributed by atoms with Crippen LogP contribution in [-0.4, -0.2) is 21.8 Å². The molecule has 1 heterocycles. The van der Waals surface area contributed by atoms with E-state index in [0.717, 1.165) is 12.1 Å². The second-order valence-corrected chi connectivity index (χ2v) is 4.86. The lowest BCUT2D eigenvalue weighted by atomic mass is 10.1. The van der Waals surface area contributed by atoms with Gasteiger partial charge in [-0.3, -0.25) is 9.59 Å². The summed E-state index contributed by atoms with van der Waals surface area (Å²) in [6.07, 6.45) is -4.69. The number of alkyl halides is 3. The van der Waals surface area contributed by atoms with Gasteiger partial charge < -0.3 is 16.0 Å². The maximum absolute atomic E-state index is 12.9. The van der Waals surface area contributed by atoms with Crippen molar-refractivity contribution in [2.24, 2.45) is 5.73 Å². The van der Waals surface area contributed by atoms with E-state index in [2.05, 4.69) is 31.2 Å². The fraction of sp³-hybridized carbons (Fsp3) is 0.0833. The number of imidazole rings is 1. The number of aromatic nitrogens is 2. The molecule has 0 bridgehead atoms. The molecule has 2 amide bonds. The minimum atomic E-state index is -4.69. The minimum Gasteiger partial charge on any atom is -0.364 e. The number of anilines is 1. The topological polar surface area (TPSA) is 101 Å². The summed E-state index contributed by atoms with van der Waals surface area (Å²) in [5.41, 5.74) is 3.09. The zero-order valence-electron chi connectivity index (χ0n) is 10.7. The smallest absolute Gasteiger partial charge is 0.364 e. The fourth-order valence-electron chi connectivity index (χ4n) is 1.72. The van der Waals surface area contributed by atoms with E-state index in [1.807, 2.05) is 0 Å². The molecular weight excluding hydrogens is 369 g/mol. The normalized spacial score (nSPS) is 11.3. The first-order chi connectivity index (χ1) is 10.2. The monoisotopic (exact) mass is 376 g/mol. The predicted molar refractivity (Wildman–Crippen MR) is 74.2 cm³/mol. The van der Waals surface area contributed by atoms with Crippen molar-refractivity contribution in [2.45, 2.75) is 6.18 Å². The Bertz CT molecular complexity index is 742. The first kappa shape index (κ1) is 16.0. The lowest BCUT2D eigenvalue weighted by Crippen LogP contribution is -2.21. The molecule has 0 spiro atoms. The molecule has 0 saturated heterocycles. The van der Waals surface area contributed by atoms with Crippen LogP contribution in [-0.2, 0) is 6.18 Å². The van der Waals surface area contributed by atoms with Gasteiger partial charge in [0.1, 0.15) is 5.82 Å². The molecule has 22 heavy (non-hydrogen) atoms. The van der Waals surface area contributed by atoms with E-state index in [4.69, 9.17) is 5.73 Å². The van der Waals surface area contributed by atoms with Gasteiger partial charge in [-0.15, -0.1) is 0 Å². The zero-order chi connectivity index (χ0) is 16.5. The number of hydrogen-bond donors (Lipinski definition) is 3. The summed E-state index contributed by atoms with van der Waals surface area (Å²) < 4.78 is 38.7. The van der Waals surface area contributed by atoms with Gasteiger partial charge in [-0.1, -0.05) is 12.1 Å².